The second kappa shape index (κ2) is 7.48. The molecule has 0 unspecified atom stereocenters. The van der Waals surface area contributed by atoms with E-state index in [2.05, 4.69) is 41.6 Å². The third kappa shape index (κ3) is 3.65. The molecule has 2 atom stereocenters. The fraction of sp³-hybridized carbons (Fsp3) is 0.800. The van der Waals surface area contributed by atoms with Gasteiger partial charge in [0.05, 0.1) is 0 Å². The summed E-state index contributed by atoms with van der Waals surface area (Å²) in [5.41, 5.74) is -0.802. The van der Waals surface area contributed by atoms with E-state index in [0.29, 0.717) is 23.9 Å². The molecule has 1 aromatic heterocycles. The summed E-state index contributed by atoms with van der Waals surface area (Å²) in [6.07, 6.45) is 9.91. The summed E-state index contributed by atoms with van der Waals surface area (Å²) in [6.45, 7) is 6.09. The molecule has 7 rings (SSSR count). The number of rotatable bonds is 4. The second-order valence-electron chi connectivity index (χ2n) is 12.9. The Balaban J connectivity index is 1.13. The summed E-state index contributed by atoms with van der Waals surface area (Å²) in [4.78, 5) is 39.9. The van der Waals surface area contributed by atoms with E-state index in [4.69, 9.17) is 0 Å². The lowest BCUT2D eigenvalue weighted by Crippen LogP contribution is -2.54. The molecule has 8 nitrogen and oxygen atoms in total. The highest BCUT2D eigenvalue weighted by Crippen LogP contribution is 2.61. The summed E-state index contributed by atoms with van der Waals surface area (Å²) >= 11 is 1.47. The van der Waals surface area contributed by atoms with Crippen molar-refractivity contribution in [3.63, 3.8) is 0 Å². The number of urea groups is 1. The zero-order valence-electron chi connectivity index (χ0n) is 20.4. The highest BCUT2D eigenvalue weighted by Gasteiger charge is 2.56. The van der Waals surface area contributed by atoms with Crippen molar-refractivity contribution in [3.05, 3.63) is 5.01 Å². The first-order chi connectivity index (χ1) is 16.0. The van der Waals surface area contributed by atoms with Gasteiger partial charge in [0.1, 0.15) is 17.1 Å². The van der Waals surface area contributed by atoms with Crippen LogP contribution in [0.25, 0.3) is 0 Å². The van der Waals surface area contributed by atoms with E-state index in [1.54, 1.807) is 0 Å². The third-order valence-electron chi connectivity index (χ3n) is 9.09. The molecule has 1 aliphatic heterocycles. The van der Waals surface area contributed by atoms with E-state index in [0.717, 1.165) is 34.1 Å². The Morgan fingerprint density at radius 3 is 2.32 bits per heavy atom. The second-order valence-corrected chi connectivity index (χ2v) is 13.9. The Morgan fingerprint density at radius 1 is 1.06 bits per heavy atom. The van der Waals surface area contributed by atoms with Gasteiger partial charge in [-0.1, -0.05) is 32.1 Å². The van der Waals surface area contributed by atoms with Crippen LogP contribution in [0.5, 0.6) is 0 Å². The number of anilines is 1. The molecule has 6 fully saturated rings. The lowest BCUT2D eigenvalue weighted by atomic mass is 9.50. The number of amides is 4. The molecule has 184 valence electrons. The molecule has 2 N–H and O–H groups in total. The predicted molar refractivity (Wildman–Crippen MR) is 128 cm³/mol. The monoisotopic (exact) mass is 485 g/mol. The molecule has 0 aromatic carbocycles. The molecule has 0 radical (unpaired) electrons. The maximum Gasteiger partial charge on any atom is 0.325 e. The van der Waals surface area contributed by atoms with Crippen LogP contribution >= 0.6 is 11.3 Å². The molecule has 9 heteroatoms. The number of hydrogen-bond acceptors (Lipinski definition) is 6. The number of nitrogens with one attached hydrogen (secondary N) is 2. The van der Waals surface area contributed by atoms with Gasteiger partial charge in [-0.3, -0.25) is 19.8 Å². The molecular formula is C25H35N5O3S. The van der Waals surface area contributed by atoms with Crippen LogP contribution in [0, 0.1) is 29.1 Å². The van der Waals surface area contributed by atoms with Crippen LogP contribution in [0.15, 0.2) is 0 Å². The molecule has 6 aliphatic rings. The van der Waals surface area contributed by atoms with Gasteiger partial charge in [-0.25, -0.2) is 4.79 Å². The number of aromatic nitrogens is 2. The molecular weight excluding hydrogens is 450 g/mol. The standard InChI is InChI=1S/C25H35N5O3S/c1-14-7-23(2,3)13-25(8-14)20(32)30(22(33)27-25)12-18(31)26-21-29-28-19(34-21)24-9-15-4-16(10-24)6-17(5-15)11-24/h14-17H,4-13H2,1-3H3,(H,27,33)(H,26,29,31)/t14-,15?,16?,17?,24?,25-/m1/s1. The molecule has 5 saturated carbocycles. The Bertz CT molecular complexity index is 1020. The van der Waals surface area contributed by atoms with Crippen molar-refractivity contribution < 1.29 is 14.4 Å². The van der Waals surface area contributed by atoms with Gasteiger partial charge in [-0.05, 0) is 86.9 Å². The van der Waals surface area contributed by atoms with Gasteiger partial charge in [0, 0.05) is 5.41 Å². The number of carbonyl (C=O) groups is 3. The van der Waals surface area contributed by atoms with E-state index < -0.39 is 17.5 Å². The molecule has 2 heterocycles. The van der Waals surface area contributed by atoms with Gasteiger partial charge in [0.25, 0.3) is 5.91 Å². The topological polar surface area (TPSA) is 104 Å². The van der Waals surface area contributed by atoms with E-state index in [-0.39, 0.29) is 23.3 Å². The highest BCUT2D eigenvalue weighted by molar-refractivity contribution is 7.15. The van der Waals surface area contributed by atoms with Gasteiger partial charge >= 0.3 is 6.03 Å². The maximum atomic E-state index is 13.3. The molecule has 34 heavy (non-hydrogen) atoms. The lowest BCUT2D eigenvalue weighted by molar-refractivity contribution is -0.136. The first-order valence-electron chi connectivity index (χ1n) is 12.8. The summed E-state index contributed by atoms with van der Waals surface area (Å²) in [6, 6.07) is -0.475. The van der Waals surface area contributed by atoms with E-state index >= 15 is 0 Å². The Morgan fingerprint density at radius 2 is 1.71 bits per heavy atom. The minimum Gasteiger partial charge on any atom is -0.323 e. The van der Waals surface area contributed by atoms with Crippen LogP contribution in [-0.2, 0) is 15.0 Å². The fourth-order valence-electron chi connectivity index (χ4n) is 8.81. The summed E-state index contributed by atoms with van der Waals surface area (Å²) < 4.78 is 0. The van der Waals surface area contributed by atoms with Crippen molar-refractivity contribution in [2.24, 2.45) is 29.1 Å². The van der Waals surface area contributed by atoms with Crippen LogP contribution in [0.4, 0.5) is 9.93 Å². The van der Waals surface area contributed by atoms with Gasteiger partial charge in [-0.2, -0.15) is 0 Å². The first kappa shape index (κ1) is 22.4. The first-order valence-corrected chi connectivity index (χ1v) is 13.6. The fourth-order valence-corrected chi connectivity index (χ4v) is 9.79. The summed E-state index contributed by atoms with van der Waals surface area (Å²) in [5, 5.41) is 16.0. The van der Waals surface area contributed by atoms with Gasteiger partial charge in [0.2, 0.25) is 11.0 Å². The zero-order valence-corrected chi connectivity index (χ0v) is 21.2. The van der Waals surface area contributed by atoms with Gasteiger partial charge in [0.15, 0.2) is 0 Å². The SMILES string of the molecule is C[C@@H]1CC(C)(C)C[C@@]2(C1)NC(=O)N(CC(=O)Nc1nnc(C34CC5CC(CC(C5)C3)C4)s1)C2=O. The van der Waals surface area contributed by atoms with E-state index in [1.807, 2.05) is 0 Å². The van der Waals surface area contributed by atoms with Crippen LogP contribution in [0.1, 0.15) is 83.6 Å². The average molecular weight is 486 g/mol. The van der Waals surface area contributed by atoms with Crippen LogP contribution in [-0.4, -0.2) is 45.0 Å². The quantitative estimate of drug-likeness (QED) is 0.626. The van der Waals surface area contributed by atoms with Crippen molar-refractivity contribution in [3.8, 4) is 0 Å². The van der Waals surface area contributed by atoms with Crippen molar-refractivity contribution in [2.45, 2.75) is 89.5 Å². The Labute approximate surface area is 204 Å². The van der Waals surface area contributed by atoms with Crippen molar-refractivity contribution >= 4 is 34.3 Å². The third-order valence-corrected chi connectivity index (χ3v) is 10.2. The number of imide groups is 1. The minimum absolute atomic E-state index is 0.0426. The van der Waals surface area contributed by atoms with Crippen LogP contribution in [0.2, 0.25) is 0 Å². The normalized spacial score (nSPS) is 40.1. The Hall–Kier alpha value is -2.03. The molecule has 4 bridgehead atoms. The van der Waals surface area contributed by atoms with Crippen molar-refractivity contribution in [2.75, 3.05) is 11.9 Å². The highest BCUT2D eigenvalue weighted by atomic mass is 32.1. The molecule has 1 aromatic rings. The predicted octanol–water partition coefficient (Wildman–Crippen LogP) is 4.08. The molecule has 1 spiro atoms. The van der Waals surface area contributed by atoms with Crippen LogP contribution in [0.3, 0.4) is 0 Å². The summed E-state index contributed by atoms with van der Waals surface area (Å²) in [5.74, 6) is 2.08. The zero-order chi connectivity index (χ0) is 23.9. The number of nitrogens with zero attached hydrogens (tertiary/aromatic N) is 3. The Kier molecular flexibility index (Phi) is 4.94. The van der Waals surface area contributed by atoms with Crippen molar-refractivity contribution in [1.82, 2.24) is 20.4 Å². The number of hydrogen-bond donors (Lipinski definition) is 2. The average Bonchev–Trinajstić information content (AvgIpc) is 3.25. The molecule has 5 aliphatic carbocycles. The maximum absolute atomic E-state index is 13.3. The number of carbonyl (C=O) groups excluding carboxylic acids is 3. The van der Waals surface area contributed by atoms with Gasteiger partial charge < -0.3 is 5.32 Å². The smallest absolute Gasteiger partial charge is 0.323 e. The lowest BCUT2D eigenvalue weighted by Gasteiger charge is -2.55. The van der Waals surface area contributed by atoms with E-state index in [9.17, 15) is 14.4 Å². The van der Waals surface area contributed by atoms with Gasteiger partial charge in [-0.15, -0.1) is 10.2 Å². The largest absolute Gasteiger partial charge is 0.325 e. The minimum atomic E-state index is -0.896. The van der Waals surface area contributed by atoms with Crippen LogP contribution < -0.4 is 10.6 Å². The van der Waals surface area contributed by atoms with E-state index in [1.165, 1.54) is 49.9 Å². The molecule has 4 amide bonds. The molecule has 1 saturated heterocycles. The van der Waals surface area contributed by atoms with Crippen molar-refractivity contribution in [1.29, 1.82) is 0 Å². The summed E-state index contributed by atoms with van der Waals surface area (Å²) in [7, 11) is 0.